The topological polar surface area (TPSA) is 15.3 Å². The SMILES string of the molecule is C=CC(NCC)c1cccc(N(C)C)c1. The second kappa shape index (κ2) is 5.56. The average Bonchev–Trinajstić information content (AvgIpc) is 2.26. The zero-order valence-corrected chi connectivity index (χ0v) is 9.83. The smallest absolute Gasteiger partial charge is 0.0504 e. The van der Waals surface area contributed by atoms with E-state index < -0.39 is 0 Å². The van der Waals surface area contributed by atoms with E-state index in [9.17, 15) is 0 Å². The van der Waals surface area contributed by atoms with E-state index in [-0.39, 0.29) is 6.04 Å². The quantitative estimate of drug-likeness (QED) is 0.742. The molecule has 1 unspecified atom stereocenters. The highest BCUT2D eigenvalue weighted by Crippen LogP contribution is 2.19. The molecule has 1 aromatic carbocycles. The molecule has 0 aromatic heterocycles. The molecule has 1 atom stereocenters. The van der Waals surface area contributed by atoms with Gasteiger partial charge in [0.1, 0.15) is 0 Å². The zero-order chi connectivity index (χ0) is 11.3. The molecule has 0 aliphatic rings. The number of benzene rings is 1. The highest BCUT2D eigenvalue weighted by molar-refractivity contribution is 5.48. The van der Waals surface area contributed by atoms with Crippen LogP contribution in [0.4, 0.5) is 5.69 Å². The number of likely N-dealkylation sites (N-methyl/N-ethyl adjacent to an activating group) is 1. The Kier molecular flexibility index (Phi) is 4.37. The van der Waals surface area contributed by atoms with Gasteiger partial charge in [0.2, 0.25) is 0 Å². The van der Waals surface area contributed by atoms with E-state index in [0.717, 1.165) is 6.54 Å². The normalized spacial score (nSPS) is 12.2. The molecule has 0 bridgehead atoms. The lowest BCUT2D eigenvalue weighted by Gasteiger charge is -2.18. The Morgan fingerprint density at radius 3 is 2.73 bits per heavy atom. The van der Waals surface area contributed by atoms with Gasteiger partial charge in [-0.2, -0.15) is 0 Å². The molecule has 2 nitrogen and oxygen atoms in total. The Labute approximate surface area is 92.6 Å². The summed E-state index contributed by atoms with van der Waals surface area (Å²) in [6.45, 7) is 6.91. The second-order valence-electron chi connectivity index (χ2n) is 3.76. The lowest BCUT2D eigenvalue weighted by molar-refractivity contribution is 0.649. The molecule has 0 radical (unpaired) electrons. The van der Waals surface area contributed by atoms with E-state index in [0.29, 0.717) is 0 Å². The average molecular weight is 204 g/mol. The summed E-state index contributed by atoms with van der Waals surface area (Å²) in [4.78, 5) is 2.11. The zero-order valence-electron chi connectivity index (χ0n) is 9.83. The van der Waals surface area contributed by atoms with Crippen molar-refractivity contribution in [3.63, 3.8) is 0 Å². The maximum Gasteiger partial charge on any atom is 0.0504 e. The molecule has 0 aliphatic carbocycles. The van der Waals surface area contributed by atoms with Gasteiger partial charge in [-0.05, 0) is 24.2 Å². The number of hydrogen-bond acceptors (Lipinski definition) is 2. The summed E-state index contributed by atoms with van der Waals surface area (Å²) in [5.41, 5.74) is 2.48. The first-order valence-corrected chi connectivity index (χ1v) is 5.32. The number of nitrogens with one attached hydrogen (secondary N) is 1. The minimum Gasteiger partial charge on any atom is -0.378 e. The summed E-state index contributed by atoms with van der Waals surface area (Å²) < 4.78 is 0. The van der Waals surface area contributed by atoms with Crippen molar-refractivity contribution in [3.05, 3.63) is 42.5 Å². The summed E-state index contributed by atoms with van der Waals surface area (Å²) in [6.07, 6.45) is 1.94. The summed E-state index contributed by atoms with van der Waals surface area (Å²) in [7, 11) is 4.10. The van der Waals surface area contributed by atoms with Crippen molar-refractivity contribution in [1.82, 2.24) is 5.32 Å². The Morgan fingerprint density at radius 1 is 1.47 bits per heavy atom. The van der Waals surface area contributed by atoms with Crippen LogP contribution in [0.3, 0.4) is 0 Å². The number of nitrogens with zero attached hydrogens (tertiary/aromatic N) is 1. The van der Waals surface area contributed by atoms with Crippen molar-refractivity contribution >= 4 is 5.69 Å². The van der Waals surface area contributed by atoms with Crippen LogP contribution in [0.15, 0.2) is 36.9 Å². The fourth-order valence-corrected chi connectivity index (χ4v) is 1.55. The van der Waals surface area contributed by atoms with Crippen LogP contribution in [0.2, 0.25) is 0 Å². The molecule has 0 heterocycles. The Bertz CT molecular complexity index is 318. The molecule has 1 N–H and O–H groups in total. The van der Waals surface area contributed by atoms with Gasteiger partial charge in [-0.3, -0.25) is 0 Å². The third-order valence-corrected chi connectivity index (χ3v) is 2.41. The van der Waals surface area contributed by atoms with Gasteiger partial charge in [0.05, 0.1) is 6.04 Å². The summed E-state index contributed by atoms with van der Waals surface area (Å²) in [5, 5.41) is 3.38. The molecule has 1 aromatic rings. The van der Waals surface area contributed by atoms with E-state index in [2.05, 4.69) is 62.1 Å². The monoisotopic (exact) mass is 204 g/mol. The van der Waals surface area contributed by atoms with Crippen molar-refractivity contribution in [2.75, 3.05) is 25.5 Å². The maximum absolute atomic E-state index is 3.85. The summed E-state index contributed by atoms with van der Waals surface area (Å²) in [5.74, 6) is 0. The maximum atomic E-state index is 3.85. The largest absolute Gasteiger partial charge is 0.378 e. The van der Waals surface area contributed by atoms with Crippen molar-refractivity contribution in [2.45, 2.75) is 13.0 Å². The van der Waals surface area contributed by atoms with Gasteiger partial charge in [-0.15, -0.1) is 6.58 Å². The highest BCUT2D eigenvalue weighted by atomic mass is 15.1. The van der Waals surface area contributed by atoms with Crippen molar-refractivity contribution < 1.29 is 0 Å². The van der Waals surface area contributed by atoms with Crippen LogP contribution in [0.5, 0.6) is 0 Å². The first-order valence-electron chi connectivity index (χ1n) is 5.32. The van der Waals surface area contributed by atoms with Crippen molar-refractivity contribution in [2.24, 2.45) is 0 Å². The standard InChI is InChI=1S/C13H20N2/c1-5-13(14-6-2)11-8-7-9-12(10-11)15(3)4/h5,7-10,13-14H,1,6H2,2-4H3. The Hall–Kier alpha value is -1.28. The number of anilines is 1. The van der Waals surface area contributed by atoms with Crippen molar-refractivity contribution in [3.8, 4) is 0 Å². The van der Waals surface area contributed by atoms with Gasteiger partial charge < -0.3 is 10.2 Å². The molecule has 82 valence electrons. The van der Waals surface area contributed by atoms with Crippen LogP contribution >= 0.6 is 0 Å². The number of hydrogen-bond donors (Lipinski definition) is 1. The molecule has 15 heavy (non-hydrogen) atoms. The first-order chi connectivity index (χ1) is 7.19. The lowest BCUT2D eigenvalue weighted by Crippen LogP contribution is -2.19. The Balaban J connectivity index is 2.92. The second-order valence-corrected chi connectivity index (χ2v) is 3.76. The fourth-order valence-electron chi connectivity index (χ4n) is 1.55. The van der Waals surface area contributed by atoms with E-state index in [1.165, 1.54) is 11.3 Å². The molecule has 0 saturated heterocycles. The van der Waals surface area contributed by atoms with E-state index in [1.54, 1.807) is 0 Å². The number of rotatable bonds is 5. The minimum absolute atomic E-state index is 0.245. The molecular weight excluding hydrogens is 184 g/mol. The van der Waals surface area contributed by atoms with Crippen LogP contribution in [-0.4, -0.2) is 20.6 Å². The molecule has 0 saturated carbocycles. The van der Waals surface area contributed by atoms with Gasteiger partial charge in [-0.1, -0.05) is 25.1 Å². The minimum atomic E-state index is 0.245. The molecule has 1 rings (SSSR count). The fraction of sp³-hybridized carbons (Fsp3) is 0.385. The van der Waals surface area contributed by atoms with Gasteiger partial charge in [0.15, 0.2) is 0 Å². The van der Waals surface area contributed by atoms with E-state index in [4.69, 9.17) is 0 Å². The first kappa shape index (κ1) is 11.8. The molecule has 0 amide bonds. The van der Waals surface area contributed by atoms with Gasteiger partial charge in [0, 0.05) is 19.8 Å². The van der Waals surface area contributed by atoms with E-state index in [1.807, 2.05) is 6.08 Å². The Morgan fingerprint density at radius 2 is 2.20 bits per heavy atom. The molecule has 0 aliphatic heterocycles. The predicted molar refractivity (Wildman–Crippen MR) is 67.4 cm³/mol. The van der Waals surface area contributed by atoms with Crippen molar-refractivity contribution in [1.29, 1.82) is 0 Å². The summed E-state index contributed by atoms with van der Waals surface area (Å²) in [6, 6.07) is 8.75. The lowest BCUT2D eigenvalue weighted by atomic mass is 10.1. The predicted octanol–water partition coefficient (Wildman–Crippen LogP) is 2.59. The van der Waals surface area contributed by atoms with Crippen LogP contribution in [0.25, 0.3) is 0 Å². The van der Waals surface area contributed by atoms with Crippen LogP contribution in [0.1, 0.15) is 18.5 Å². The third kappa shape index (κ3) is 3.10. The third-order valence-electron chi connectivity index (χ3n) is 2.41. The van der Waals surface area contributed by atoms with E-state index >= 15 is 0 Å². The molecule has 0 spiro atoms. The van der Waals surface area contributed by atoms with Gasteiger partial charge >= 0.3 is 0 Å². The summed E-state index contributed by atoms with van der Waals surface area (Å²) >= 11 is 0. The highest BCUT2D eigenvalue weighted by Gasteiger charge is 2.06. The molecular formula is C13H20N2. The molecule has 2 heteroatoms. The van der Waals surface area contributed by atoms with Gasteiger partial charge in [-0.25, -0.2) is 0 Å². The van der Waals surface area contributed by atoms with Crippen LogP contribution in [0, 0.1) is 0 Å². The molecule has 0 fully saturated rings. The van der Waals surface area contributed by atoms with Gasteiger partial charge in [0.25, 0.3) is 0 Å². The van der Waals surface area contributed by atoms with Crippen LogP contribution in [-0.2, 0) is 0 Å². The van der Waals surface area contributed by atoms with Crippen LogP contribution < -0.4 is 10.2 Å².